The first kappa shape index (κ1) is 22.1. The average molecular weight is 455 g/mol. The van der Waals surface area contributed by atoms with E-state index < -0.39 is 15.9 Å². The Balaban J connectivity index is 1.77. The zero-order valence-electron chi connectivity index (χ0n) is 16.4. The minimum atomic E-state index is -3.62. The molecule has 0 atom stereocenters. The highest BCUT2D eigenvalue weighted by atomic mass is 35.5. The van der Waals surface area contributed by atoms with E-state index in [-0.39, 0.29) is 20.9 Å². The van der Waals surface area contributed by atoms with E-state index in [0.717, 1.165) is 18.4 Å². The molecule has 29 heavy (non-hydrogen) atoms. The van der Waals surface area contributed by atoms with E-state index in [1.165, 1.54) is 22.5 Å². The normalized spacial score (nSPS) is 15.4. The number of hydrogen-bond donors (Lipinski definition) is 1. The average Bonchev–Trinajstić information content (AvgIpc) is 3.22. The third-order valence-electron chi connectivity index (χ3n) is 5.20. The zero-order chi connectivity index (χ0) is 21.2. The molecule has 3 rings (SSSR count). The van der Waals surface area contributed by atoms with Gasteiger partial charge in [-0.2, -0.15) is 4.31 Å². The van der Waals surface area contributed by atoms with Gasteiger partial charge in [0, 0.05) is 30.1 Å². The summed E-state index contributed by atoms with van der Waals surface area (Å²) in [5.41, 5.74) is 0.837. The predicted octanol–water partition coefficient (Wildman–Crippen LogP) is 4.49. The second-order valence-electron chi connectivity index (χ2n) is 7.83. The molecule has 0 unspecified atom stereocenters. The molecule has 1 fully saturated rings. The van der Waals surface area contributed by atoms with Crippen molar-refractivity contribution in [2.24, 2.45) is 0 Å². The van der Waals surface area contributed by atoms with Gasteiger partial charge in [-0.15, -0.1) is 0 Å². The summed E-state index contributed by atoms with van der Waals surface area (Å²) in [6, 6.07) is 11.7. The predicted molar refractivity (Wildman–Crippen MR) is 116 cm³/mol. The van der Waals surface area contributed by atoms with Crippen LogP contribution in [0.25, 0.3) is 0 Å². The molecular weight excluding hydrogens is 431 g/mol. The standard InChI is InChI=1S/C21H24Cl2N2O3S/c1-21(2,15-5-7-16(22)8-6-15)14-24-20(26)18-13-17(9-10-19(18)23)29(27,28)25-11-3-4-12-25/h5-10,13H,3-4,11-12,14H2,1-2H3,(H,24,26). The molecule has 1 aliphatic rings. The molecule has 1 amide bonds. The van der Waals surface area contributed by atoms with Crippen molar-refractivity contribution in [2.75, 3.05) is 19.6 Å². The number of rotatable bonds is 6. The number of carbonyl (C=O) groups is 1. The van der Waals surface area contributed by atoms with Gasteiger partial charge in [0.25, 0.3) is 5.91 Å². The lowest BCUT2D eigenvalue weighted by atomic mass is 9.84. The molecule has 2 aromatic carbocycles. The van der Waals surface area contributed by atoms with E-state index in [9.17, 15) is 13.2 Å². The van der Waals surface area contributed by atoms with Gasteiger partial charge in [0.05, 0.1) is 15.5 Å². The van der Waals surface area contributed by atoms with Crippen molar-refractivity contribution in [1.82, 2.24) is 9.62 Å². The van der Waals surface area contributed by atoms with Gasteiger partial charge in [-0.25, -0.2) is 8.42 Å². The summed E-state index contributed by atoms with van der Waals surface area (Å²) in [6.07, 6.45) is 1.69. The largest absolute Gasteiger partial charge is 0.351 e. The lowest BCUT2D eigenvalue weighted by molar-refractivity contribution is 0.0945. The van der Waals surface area contributed by atoms with E-state index in [1.807, 2.05) is 38.1 Å². The van der Waals surface area contributed by atoms with Gasteiger partial charge in [0.1, 0.15) is 0 Å². The maximum Gasteiger partial charge on any atom is 0.252 e. The monoisotopic (exact) mass is 454 g/mol. The molecule has 1 aliphatic heterocycles. The summed E-state index contributed by atoms with van der Waals surface area (Å²) in [5.74, 6) is -0.407. The van der Waals surface area contributed by atoms with Crippen LogP contribution in [0, 0.1) is 0 Å². The Morgan fingerprint density at radius 2 is 1.69 bits per heavy atom. The van der Waals surface area contributed by atoms with Gasteiger partial charge >= 0.3 is 0 Å². The Kier molecular flexibility index (Phi) is 6.58. The van der Waals surface area contributed by atoms with Gasteiger partial charge < -0.3 is 5.32 Å². The highest BCUT2D eigenvalue weighted by molar-refractivity contribution is 7.89. The molecule has 156 valence electrons. The van der Waals surface area contributed by atoms with Crippen molar-refractivity contribution < 1.29 is 13.2 Å². The van der Waals surface area contributed by atoms with Crippen LogP contribution in [0.4, 0.5) is 0 Å². The summed E-state index contributed by atoms with van der Waals surface area (Å²) in [5, 5.41) is 3.74. The lowest BCUT2D eigenvalue weighted by Gasteiger charge is -2.26. The van der Waals surface area contributed by atoms with E-state index in [4.69, 9.17) is 23.2 Å². The van der Waals surface area contributed by atoms with Crippen molar-refractivity contribution in [3.63, 3.8) is 0 Å². The second-order valence-corrected chi connectivity index (χ2v) is 10.6. The number of amides is 1. The smallest absolute Gasteiger partial charge is 0.252 e. The van der Waals surface area contributed by atoms with Gasteiger partial charge in [0.15, 0.2) is 0 Å². The topological polar surface area (TPSA) is 66.5 Å². The van der Waals surface area contributed by atoms with Crippen molar-refractivity contribution in [3.8, 4) is 0 Å². The van der Waals surface area contributed by atoms with Gasteiger partial charge in [-0.1, -0.05) is 49.2 Å². The van der Waals surface area contributed by atoms with Crippen LogP contribution >= 0.6 is 23.2 Å². The fourth-order valence-electron chi connectivity index (χ4n) is 3.32. The summed E-state index contributed by atoms with van der Waals surface area (Å²) in [6.45, 7) is 5.37. The maximum atomic E-state index is 12.8. The quantitative estimate of drug-likeness (QED) is 0.698. The summed E-state index contributed by atoms with van der Waals surface area (Å²) in [7, 11) is -3.62. The molecule has 0 radical (unpaired) electrons. The van der Waals surface area contributed by atoms with E-state index >= 15 is 0 Å². The molecule has 0 saturated carbocycles. The van der Waals surface area contributed by atoms with Crippen LogP contribution < -0.4 is 5.32 Å². The summed E-state index contributed by atoms with van der Waals surface area (Å²) < 4.78 is 27.0. The Morgan fingerprint density at radius 1 is 1.07 bits per heavy atom. The molecular formula is C21H24Cl2N2O3S. The first-order valence-electron chi connectivity index (χ1n) is 9.45. The Hall–Kier alpha value is -1.60. The number of sulfonamides is 1. The number of benzene rings is 2. The highest BCUT2D eigenvalue weighted by Gasteiger charge is 2.29. The molecule has 0 aliphatic carbocycles. The number of carbonyl (C=O) groups excluding carboxylic acids is 1. The summed E-state index contributed by atoms with van der Waals surface area (Å²) in [4.78, 5) is 12.9. The molecule has 0 spiro atoms. The van der Waals surface area contributed by atoms with Crippen LogP contribution in [0.15, 0.2) is 47.4 Å². The van der Waals surface area contributed by atoms with Gasteiger partial charge in [-0.3, -0.25) is 4.79 Å². The van der Waals surface area contributed by atoms with Crippen molar-refractivity contribution in [3.05, 3.63) is 63.6 Å². The van der Waals surface area contributed by atoms with Gasteiger partial charge in [-0.05, 0) is 48.7 Å². The Bertz CT molecular complexity index is 999. The second kappa shape index (κ2) is 8.64. The minimum Gasteiger partial charge on any atom is -0.351 e. The third-order valence-corrected chi connectivity index (χ3v) is 7.68. The molecule has 0 aromatic heterocycles. The first-order chi connectivity index (χ1) is 13.6. The lowest BCUT2D eigenvalue weighted by Crippen LogP contribution is -2.37. The summed E-state index contributed by atoms with van der Waals surface area (Å²) >= 11 is 12.1. The number of nitrogens with zero attached hydrogens (tertiary/aromatic N) is 1. The van der Waals surface area contributed by atoms with E-state index in [0.29, 0.717) is 24.7 Å². The van der Waals surface area contributed by atoms with Crippen LogP contribution in [0.2, 0.25) is 10.0 Å². The molecule has 5 nitrogen and oxygen atoms in total. The van der Waals surface area contributed by atoms with Crippen LogP contribution in [0.3, 0.4) is 0 Å². The zero-order valence-corrected chi connectivity index (χ0v) is 18.7. The Labute approximate surface area is 182 Å². The molecule has 0 bridgehead atoms. The van der Waals surface area contributed by atoms with Crippen molar-refractivity contribution in [2.45, 2.75) is 37.0 Å². The molecule has 1 N–H and O–H groups in total. The molecule has 1 saturated heterocycles. The fraction of sp³-hybridized carbons (Fsp3) is 0.381. The van der Waals surface area contributed by atoms with Crippen molar-refractivity contribution >= 4 is 39.1 Å². The van der Waals surface area contributed by atoms with E-state index in [1.54, 1.807) is 0 Å². The van der Waals surface area contributed by atoms with Crippen LogP contribution in [-0.4, -0.2) is 38.3 Å². The van der Waals surface area contributed by atoms with Crippen LogP contribution in [-0.2, 0) is 15.4 Å². The van der Waals surface area contributed by atoms with Crippen LogP contribution in [0.5, 0.6) is 0 Å². The number of nitrogens with one attached hydrogen (secondary N) is 1. The highest BCUT2D eigenvalue weighted by Crippen LogP contribution is 2.27. The third kappa shape index (κ3) is 4.94. The van der Waals surface area contributed by atoms with Crippen molar-refractivity contribution in [1.29, 1.82) is 0 Å². The number of hydrogen-bond acceptors (Lipinski definition) is 3. The molecule has 2 aromatic rings. The first-order valence-corrected chi connectivity index (χ1v) is 11.6. The maximum absolute atomic E-state index is 12.8. The Morgan fingerprint density at radius 3 is 2.31 bits per heavy atom. The van der Waals surface area contributed by atoms with Gasteiger partial charge in [0.2, 0.25) is 10.0 Å². The SMILES string of the molecule is CC(C)(CNC(=O)c1cc(S(=O)(=O)N2CCCC2)ccc1Cl)c1ccc(Cl)cc1. The van der Waals surface area contributed by atoms with Crippen LogP contribution in [0.1, 0.15) is 42.6 Å². The van der Waals surface area contributed by atoms with E-state index in [2.05, 4.69) is 5.32 Å². The fourth-order valence-corrected chi connectivity index (χ4v) is 5.19. The number of halogens is 2. The molecule has 8 heteroatoms. The minimum absolute atomic E-state index is 0.0888. The molecule has 1 heterocycles.